The monoisotopic (exact) mass is 355 g/mol. The summed E-state index contributed by atoms with van der Waals surface area (Å²) in [4.78, 5) is 23.5. The highest BCUT2D eigenvalue weighted by molar-refractivity contribution is 5.96. The molecule has 1 aliphatic carbocycles. The maximum absolute atomic E-state index is 13.9. The zero-order chi connectivity index (χ0) is 16.4. The van der Waals surface area contributed by atoms with Gasteiger partial charge in [-0.1, -0.05) is 12.8 Å². The van der Waals surface area contributed by atoms with E-state index in [1.165, 1.54) is 38.0 Å². The van der Waals surface area contributed by atoms with E-state index in [1.807, 2.05) is 0 Å². The van der Waals surface area contributed by atoms with E-state index in [-0.39, 0.29) is 36.0 Å². The van der Waals surface area contributed by atoms with E-state index in [1.54, 1.807) is 0 Å². The molecule has 2 fully saturated rings. The van der Waals surface area contributed by atoms with Crippen molar-refractivity contribution in [2.24, 2.45) is 5.92 Å². The maximum atomic E-state index is 13.9. The molecule has 3 atom stereocenters. The predicted molar refractivity (Wildman–Crippen MR) is 93.9 cm³/mol. The third-order valence-electron chi connectivity index (χ3n) is 4.72. The highest BCUT2D eigenvalue weighted by Gasteiger charge is 2.38. The third kappa shape index (κ3) is 4.24. The summed E-state index contributed by atoms with van der Waals surface area (Å²) in [5.74, 6) is -0.411. The van der Waals surface area contributed by atoms with E-state index in [0.717, 1.165) is 19.3 Å². The van der Waals surface area contributed by atoms with Crippen molar-refractivity contribution in [1.82, 2.24) is 5.32 Å². The molecule has 3 N–H and O–H groups in total. The lowest BCUT2D eigenvalue weighted by atomic mass is 9.85. The number of hydrogen-bond donors (Lipinski definition) is 3. The van der Waals surface area contributed by atoms with Gasteiger partial charge in [0.1, 0.15) is 5.82 Å². The fraction of sp³-hybridized carbons (Fsp3) is 0.529. The molecule has 3 rings (SSSR count). The average molecular weight is 356 g/mol. The van der Waals surface area contributed by atoms with Crippen molar-refractivity contribution in [2.45, 2.75) is 51.1 Å². The molecule has 1 aromatic rings. The fourth-order valence-electron chi connectivity index (χ4n) is 3.64. The van der Waals surface area contributed by atoms with Crippen LogP contribution >= 0.6 is 12.4 Å². The summed E-state index contributed by atoms with van der Waals surface area (Å²) in [7, 11) is 0. The molecule has 1 aliphatic heterocycles. The van der Waals surface area contributed by atoms with Gasteiger partial charge >= 0.3 is 0 Å². The van der Waals surface area contributed by atoms with Crippen molar-refractivity contribution in [3.8, 4) is 0 Å². The van der Waals surface area contributed by atoms with Crippen molar-refractivity contribution in [3.63, 3.8) is 0 Å². The van der Waals surface area contributed by atoms with Gasteiger partial charge in [-0.25, -0.2) is 4.39 Å². The van der Waals surface area contributed by atoms with Gasteiger partial charge in [-0.3, -0.25) is 9.59 Å². The summed E-state index contributed by atoms with van der Waals surface area (Å²) < 4.78 is 13.9. The third-order valence-corrected chi connectivity index (χ3v) is 4.72. The summed E-state index contributed by atoms with van der Waals surface area (Å²) in [5.41, 5.74) is 0.556. The summed E-state index contributed by atoms with van der Waals surface area (Å²) in [6.45, 7) is 1.38. The van der Waals surface area contributed by atoms with Gasteiger partial charge in [-0.05, 0) is 43.4 Å². The SMILES string of the molecule is CC(=O)Nc1ccc(F)c(NC(=O)C2CC3CCCCC3N2)c1.Cl. The Morgan fingerprint density at radius 2 is 1.96 bits per heavy atom. The minimum atomic E-state index is -0.511. The first kappa shape index (κ1) is 18.7. The normalized spacial score (nSPS) is 25.3. The van der Waals surface area contributed by atoms with Crippen molar-refractivity contribution < 1.29 is 14.0 Å². The van der Waals surface area contributed by atoms with Crippen LogP contribution in [0.25, 0.3) is 0 Å². The molecule has 1 saturated heterocycles. The van der Waals surface area contributed by atoms with Gasteiger partial charge in [0, 0.05) is 18.7 Å². The number of amides is 2. The van der Waals surface area contributed by atoms with Crippen LogP contribution in [0.3, 0.4) is 0 Å². The van der Waals surface area contributed by atoms with Crippen LogP contribution in [0.1, 0.15) is 39.0 Å². The van der Waals surface area contributed by atoms with Crippen molar-refractivity contribution in [3.05, 3.63) is 24.0 Å². The number of hydrogen-bond acceptors (Lipinski definition) is 3. The number of rotatable bonds is 3. The fourth-order valence-corrected chi connectivity index (χ4v) is 3.64. The molecule has 0 bridgehead atoms. The van der Waals surface area contributed by atoms with E-state index < -0.39 is 5.82 Å². The second kappa shape index (κ2) is 7.94. The zero-order valence-corrected chi connectivity index (χ0v) is 14.4. The highest BCUT2D eigenvalue weighted by Crippen LogP contribution is 2.33. The van der Waals surface area contributed by atoms with Crippen LogP contribution in [-0.2, 0) is 9.59 Å². The van der Waals surface area contributed by atoms with Crippen molar-refractivity contribution in [1.29, 1.82) is 0 Å². The standard InChI is InChI=1S/C17H22FN3O2.ClH/c1-10(22)19-12-6-7-13(18)15(9-12)21-17(23)16-8-11-4-2-3-5-14(11)20-16;/h6-7,9,11,14,16,20H,2-5,8H2,1H3,(H,19,22)(H,21,23);1H. The van der Waals surface area contributed by atoms with Gasteiger partial charge in [0.2, 0.25) is 11.8 Å². The molecule has 3 unspecified atom stereocenters. The van der Waals surface area contributed by atoms with Crippen LogP contribution in [0.2, 0.25) is 0 Å². The van der Waals surface area contributed by atoms with Crippen LogP contribution in [0, 0.1) is 11.7 Å². The molecular weight excluding hydrogens is 333 g/mol. The molecule has 0 radical (unpaired) electrons. The van der Waals surface area contributed by atoms with Crippen molar-refractivity contribution in [2.75, 3.05) is 10.6 Å². The van der Waals surface area contributed by atoms with E-state index in [9.17, 15) is 14.0 Å². The molecule has 1 heterocycles. The minimum Gasteiger partial charge on any atom is -0.326 e. The lowest BCUT2D eigenvalue weighted by Gasteiger charge is -2.24. The van der Waals surface area contributed by atoms with E-state index >= 15 is 0 Å². The number of fused-ring (bicyclic) bond motifs is 1. The van der Waals surface area contributed by atoms with E-state index in [2.05, 4.69) is 16.0 Å². The molecule has 132 valence electrons. The Kier molecular flexibility index (Phi) is 6.18. The van der Waals surface area contributed by atoms with Crippen LogP contribution in [0.5, 0.6) is 0 Å². The smallest absolute Gasteiger partial charge is 0.241 e. The quantitative estimate of drug-likeness (QED) is 0.780. The van der Waals surface area contributed by atoms with Gasteiger partial charge < -0.3 is 16.0 Å². The molecular formula is C17H23ClFN3O2. The molecule has 0 spiro atoms. The van der Waals surface area contributed by atoms with Crippen molar-refractivity contribution >= 4 is 35.6 Å². The second-order valence-corrected chi connectivity index (χ2v) is 6.47. The van der Waals surface area contributed by atoms with E-state index in [0.29, 0.717) is 17.6 Å². The Morgan fingerprint density at radius 3 is 2.67 bits per heavy atom. The predicted octanol–water partition coefficient (Wildman–Crippen LogP) is 3.07. The minimum absolute atomic E-state index is 0. The van der Waals surface area contributed by atoms with Crippen LogP contribution < -0.4 is 16.0 Å². The Balaban J connectivity index is 0.00000208. The van der Waals surface area contributed by atoms with Crippen LogP contribution in [0.4, 0.5) is 15.8 Å². The first-order valence-corrected chi connectivity index (χ1v) is 8.17. The molecule has 2 aliphatic rings. The molecule has 2 amide bonds. The van der Waals surface area contributed by atoms with Gasteiger partial charge in [0.05, 0.1) is 11.7 Å². The van der Waals surface area contributed by atoms with Crippen LogP contribution in [0.15, 0.2) is 18.2 Å². The molecule has 24 heavy (non-hydrogen) atoms. The van der Waals surface area contributed by atoms with Gasteiger partial charge in [0.15, 0.2) is 0 Å². The molecule has 1 saturated carbocycles. The summed E-state index contributed by atoms with van der Waals surface area (Å²) in [6.07, 6.45) is 5.51. The van der Waals surface area contributed by atoms with Gasteiger partial charge in [-0.2, -0.15) is 0 Å². The van der Waals surface area contributed by atoms with Gasteiger partial charge in [0.25, 0.3) is 0 Å². The lowest BCUT2D eigenvalue weighted by molar-refractivity contribution is -0.118. The van der Waals surface area contributed by atoms with Crippen LogP contribution in [-0.4, -0.2) is 23.9 Å². The number of benzene rings is 1. The number of anilines is 2. The highest BCUT2D eigenvalue weighted by atomic mass is 35.5. The first-order chi connectivity index (χ1) is 11.0. The summed E-state index contributed by atoms with van der Waals surface area (Å²) in [6, 6.07) is 4.29. The average Bonchev–Trinajstić information content (AvgIpc) is 2.94. The maximum Gasteiger partial charge on any atom is 0.241 e. The summed E-state index contributed by atoms with van der Waals surface area (Å²) >= 11 is 0. The molecule has 1 aromatic carbocycles. The number of carbonyl (C=O) groups excluding carboxylic acids is 2. The second-order valence-electron chi connectivity index (χ2n) is 6.47. The number of halogens is 2. The lowest BCUT2D eigenvalue weighted by Crippen LogP contribution is -2.40. The molecule has 7 heteroatoms. The number of nitrogens with one attached hydrogen (secondary N) is 3. The Bertz CT molecular complexity index is 612. The van der Waals surface area contributed by atoms with Gasteiger partial charge in [-0.15, -0.1) is 12.4 Å². The summed E-state index contributed by atoms with van der Waals surface area (Å²) in [5, 5.41) is 8.61. The number of carbonyl (C=O) groups is 2. The Hall–Kier alpha value is -1.66. The zero-order valence-electron chi connectivity index (χ0n) is 13.6. The Labute approximate surface area is 147 Å². The molecule has 5 nitrogen and oxygen atoms in total. The topological polar surface area (TPSA) is 70.2 Å². The first-order valence-electron chi connectivity index (χ1n) is 8.17. The molecule has 0 aromatic heterocycles. The Morgan fingerprint density at radius 1 is 1.21 bits per heavy atom. The van der Waals surface area contributed by atoms with E-state index in [4.69, 9.17) is 0 Å². The largest absolute Gasteiger partial charge is 0.326 e.